The minimum atomic E-state index is -1.82. The minimum Gasteiger partial charge on any atom is -0.463 e. The van der Waals surface area contributed by atoms with E-state index in [0.717, 1.165) is 32.1 Å². The molecule has 2 fully saturated rings. The Morgan fingerprint density at radius 2 is 1.96 bits per heavy atom. The van der Waals surface area contributed by atoms with Gasteiger partial charge in [-0.05, 0) is 76.4 Å². The summed E-state index contributed by atoms with van der Waals surface area (Å²) in [7, 11) is -1.82. The Morgan fingerprint density at radius 1 is 1.32 bits per heavy atom. The summed E-state index contributed by atoms with van der Waals surface area (Å²) in [5.41, 5.74) is -0.807. The second-order valence-electron chi connectivity index (χ2n) is 9.86. The van der Waals surface area contributed by atoms with E-state index >= 15 is 0 Å². The monoisotopic (exact) mass is 368 g/mol. The van der Waals surface area contributed by atoms with E-state index in [1.54, 1.807) is 13.8 Å². The first-order valence-corrected chi connectivity index (χ1v) is 13.2. The summed E-state index contributed by atoms with van der Waals surface area (Å²) >= 11 is 0. The first-order chi connectivity index (χ1) is 11.4. The Morgan fingerprint density at radius 3 is 2.56 bits per heavy atom. The van der Waals surface area contributed by atoms with E-state index in [-0.39, 0.29) is 23.2 Å². The zero-order valence-electron chi connectivity index (χ0n) is 17.1. The van der Waals surface area contributed by atoms with Crippen LogP contribution in [0.4, 0.5) is 0 Å². The van der Waals surface area contributed by atoms with Gasteiger partial charge >= 0.3 is 5.97 Å². The maximum Gasteiger partial charge on any atom is 0.336 e. The molecular formula is C20H36O4Si. The smallest absolute Gasteiger partial charge is 0.336 e. The zero-order valence-corrected chi connectivity index (χ0v) is 18.1. The Balaban J connectivity index is 1.95. The predicted octanol–water partition coefficient (Wildman–Crippen LogP) is 4.58. The van der Waals surface area contributed by atoms with Crippen LogP contribution in [0.5, 0.6) is 0 Å². The van der Waals surface area contributed by atoms with Crippen molar-refractivity contribution in [1.29, 1.82) is 0 Å². The zero-order chi connectivity index (χ0) is 19.0. The van der Waals surface area contributed by atoms with Gasteiger partial charge in [-0.1, -0.05) is 13.8 Å². The van der Waals surface area contributed by atoms with Crippen molar-refractivity contribution in [3.05, 3.63) is 0 Å². The van der Waals surface area contributed by atoms with E-state index in [4.69, 9.17) is 9.16 Å². The molecule has 2 aliphatic rings. The second-order valence-corrected chi connectivity index (χ2v) is 14.3. The van der Waals surface area contributed by atoms with Crippen LogP contribution in [-0.2, 0) is 18.8 Å². The summed E-state index contributed by atoms with van der Waals surface area (Å²) in [4.78, 5) is 24.8. The molecule has 0 aromatic carbocycles. The lowest BCUT2D eigenvalue weighted by Crippen LogP contribution is -2.46. The largest absolute Gasteiger partial charge is 0.463 e. The van der Waals surface area contributed by atoms with Crippen LogP contribution in [0.15, 0.2) is 0 Å². The van der Waals surface area contributed by atoms with Gasteiger partial charge in [-0.25, -0.2) is 4.79 Å². The van der Waals surface area contributed by atoms with Crippen molar-refractivity contribution in [3.8, 4) is 0 Å². The Hall–Kier alpha value is -0.683. The normalized spacial score (nSPS) is 31.6. The SMILES string of the molecule is C[C@@H](COC(=O)C(C)(C)O[Si](C)(C)C)[C@H]1CC[C@H]2C(=O)CCC[C@]12C. The van der Waals surface area contributed by atoms with Crippen LogP contribution in [0.3, 0.4) is 0 Å². The lowest BCUT2D eigenvalue weighted by Gasteiger charge is -2.42. The van der Waals surface area contributed by atoms with Gasteiger partial charge in [0.2, 0.25) is 0 Å². The number of Topliss-reactive ketones (excluding diaryl/α,β-unsaturated/α-hetero) is 1. The molecule has 5 heteroatoms. The van der Waals surface area contributed by atoms with Crippen LogP contribution >= 0.6 is 0 Å². The molecule has 0 spiro atoms. The Labute approximate surface area is 154 Å². The topological polar surface area (TPSA) is 52.6 Å². The number of hydrogen-bond donors (Lipinski definition) is 0. The van der Waals surface area contributed by atoms with Gasteiger partial charge in [0.1, 0.15) is 11.4 Å². The lowest BCUT2D eigenvalue weighted by atomic mass is 9.62. The van der Waals surface area contributed by atoms with Crippen molar-refractivity contribution < 1.29 is 18.8 Å². The number of rotatable bonds is 6. The highest BCUT2D eigenvalue weighted by Crippen LogP contribution is 2.56. The quantitative estimate of drug-likeness (QED) is 0.508. The maximum absolute atomic E-state index is 12.5. The highest BCUT2D eigenvalue weighted by molar-refractivity contribution is 6.70. The maximum atomic E-state index is 12.5. The molecule has 2 rings (SSSR count). The number of ketones is 1. The first kappa shape index (κ1) is 20.6. The molecule has 25 heavy (non-hydrogen) atoms. The van der Waals surface area contributed by atoms with Crippen molar-refractivity contribution >= 4 is 20.1 Å². The molecule has 144 valence electrons. The third-order valence-corrected chi connectivity index (χ3v) is 7.28. The van der Waals surface area contributed by atoms with Crippen LogP contribution in [0, 0.1) is 23.2 Å². The molecule has 0 aromatic rings. The van der Waals surface area contributed by atoms with Crippen molar-refractivity contribution in [3.63, 3.8) is 0 Å². The van der Waals surface area contributed by atoms with Gasteiger partial charge in [0.25, 0.3) is 0 Å². The van der Waals surface area contributed by atoms with Crippen LogP contribution < -0.4 is 0 Å². The van der Waals surface area contributed by atoms with E-state index in [1.165, 1.54) is 0 Å². The molecule has 0 saturated heterocycles. The fraction of sp³-hybridized carbons (Fsp3) is 0.900. The number of carbonyl (C=O) groups is 2. The summed E-state index contributed by atoms with van der Waals surface area (Å²) in [6.45, 7) is 14.7. The molecule has 0 radical (unpaired) electrons. The molecule has 0 amide bonds. The molecule has 0 aliphatic heterocycles. The van der Waals surface area contributed by atoms with E-state index in [0.29, 0.717) is 18.3 Å². The number of ether oxygens (including phenoxy) is 1. The van der Waals surface area contributed by atoms with E-state index in [2.05, 4.69) is 33.5 Å². The van der Waals surface area contributed by atoms with Gasteiger partial charge < -0.3 is 9.16 Å². The van der Waals surface area contributed by atoms with Crippen molar-refractivity contribution in [2.45, 2.75) is 85.0 Å². The highest BCUT2D eigenvalue weighted by Gasteiger charge is 2.52. The molecule has 0 N–H and O–H groups in total. The molecular weight excluding hydrogens is 332 g/mol. The van der Waals surface area contributed by atoms with Crippen molar-refractivity contribution in [2.24, 2.45) is 23.2 Å². The molecule has 2 aliphatic carbocycles. The second kappa shape index (κ2) is 7.14. The predicted molar refractivity (Wildman–Crippen MR) is 102 cm³/mol. The lowest BCUT2D eigenvalue weighted by molar-refractivity contribution is -0.162. The van der Waals surface area contributed by atoms with Crippen LogP contribution in [0.1, 0.15) is 59.8 Å². The van der Waals surface area contributed by atoms with Gasteiger partial charge in [-0.15, -0.1) is 0 Å². The third kappa shape index (κ3) is 4.54. The molecule has 0 unspecified atom stereocenters. The highest BCUT2D eigenvalue weighted by atomic mass is 28.4. The van der Waals surface area contributed by atoms with Gasteiger partial charge in [0.15, 0.2) is 8.32 Å². The average molecular weight is 369 g/mol. The molecule has 2 saturated carbocycles. The molecule has 0 heterocycles. The first-order valence-electron chi connectivity index (χ1n) is 9.77. The summed E-state index contributed by atoms with van der Waals surface area (Å²) in [5, 5.41) is 0. The number of fused-ring (bicyclic) bond motifs is 1. The van der Waals surface area contributed by atoms with Gasteiger partial charge in [-0.2, -0.15) is 0 Å². The van der Waals surface area contributed by atoms with Crippen molar-refractivity contribution in [2.75, 3.05) is 6.61 Å². The van der Waals surface area contributed by atoms with E-state index in [9.17, 15) is 9.59 Å². The van der Waals surface area contributed by atoms with Gasteiger partial charge in [0.05, 0.1) is 6.61 Å². The van der Waals surface area contributed by atoms with Crippen LogP contribution in [-0.4, -0.2) is 32.3 Å². The Kier molecular flexibility index (Phi) is 5.89. The van der Waals surface area contributed by atoms with Gasteiger partial charge in [-0.3, -0.25) is 4.79 Å². The van der Waals surface area contributed by atoms with Crippen molar-refractivity contribution in [1.82, 2.24) is 0 Å². The summed E-state index contributed by atoms with van der Waals surface area (Å²) in [6.07, 6.45) is 4.95. The summed E-state index contributed by atoms with van der Waals surface area (Å²) in [5.74, 6) is 1.12. The fourth-order valence-electron chi connectivity index (χ4n) is 5.21. The van der Waals surface area contributed by atoms with Crippen LogP contribution in [0.25, 0.3) is 0 Å². The van der Waals surface area contributed by atoms with Crippen LogP contribution in [0.2, 0.25) is 19.6 Å². The summed E-state index contributed by atoms with van der Waals surface area (Å²) < 4.78 is 11.6. The minimum absolute atomic E-state index is 0.0888. The third-order valence-electron chi connectivity index (χ3n) is 6.15. The number of hydrogen-bond acceptors (Lipinski definition) is 4. The van der Waals surface area contributed by atoms with E-state index < -0.39 is 13.9 Å². The average Bonchev–Trinajstić information content (AvgIpc) is 2.80. The van der Waals surface area contributed by atoms with E-state index in [1.807, 2.05) is 0 Å². The molecule has 4 nitrogen and oxygen atoms in total. The molecule has 4 atom stereocenters. The Bertz CT molecular complexity index is 522. The standard InChI is InChI=1S/C20H36O4Si/c1-14(13-23-18(22)19(2,3)24-25(5,6)7)15-10-11-16-17(21)9-8-12-20(15,16)4/h14-16H,8-13H2,1-7H3/t14-,15+,16-,20+/m0/s1. The molecule has 0 aromatic heterocycles. The number of esters is 1. The number of carbonyl (C=O) groups excluding carboxylic acids is 2. The summed E-state index contributed by atoms with van der Waals surface area (Å²) in [6, 6.07) is 0. The fourth-order valence-corrected chi connectivity index (χ4v) is 6.82. The molecule has 0 bridgehead atoms. The van der Waals surface area contributed by atoms with Gasteiger partial charge in [0, 0.05) is 12.3 Å².